The molecule has 1 aromatic carbocycles. The lowest BCUT2D eigenvalue weighted by molar-refractivity contribution is 0.0958. The first-order chi connectivity index (χ1) is 13.9. The van der Waals surface area contributed by atoms with E-state index < -0.39 is 10.0 Å². The maximum atomic E-state index is 12.5. The first-order valence-corrected chi connectivity index (χ1v) is 10.8. The second-order valence-electron chi connectivity index (χ2n) is 5.74. The Kier molecular flexibility index (Phi) is 6.22. The van der Waals surface area contributed by atoms with Gasteiger partial charge in [0.25, 0.3) is 5.91 Å². The minimum Gasteiger partial charge on any atom is -0.354 e. The first kappa shape index (κ1) is 20.9. The lowest BCUT2D eigenvalue weighted by atomic mass is 10.00. The fourth-order valence-corrected chi connectivity index (χ4v) is 4.77. The maximum absolute atomic E-state index is 12.5. The molecule has 2 aromatic heterocycles. The van der Waals surface area contributed by atoms with Crippen molar-refractivity contribution >= 4 is 27.7 Å². The number of H-pyrrole nitrogens is 1. The predicted octanol–water partition coefficient (Wildman–Crippen LogP) is -0.0135. The summed E-state index contributed by atoms with van der Waals surface area (Å²) in [5.74, 6) is 0.221. The number of nitrogens with two attached hydrogens (primary N) is 2. The van der Waals surface area contributed by atoms with Gasteiger partial charge in [0, 0.05) is 36.0 Å². The first-order valence-electron chi connectivity index (χ1n) is 8.31. The van der Waals surface area contributed by atoms with Gasteiger partial charge in [0.1, 0.15) is 10.6 Å². The second-order valence-corrected chi connectivity index (χ2v) is 8.38. The van der Waals surface area contributed by atoms with Gasteiger partial charge in [-0.25, -0.2) is 13.6 Å². The Bertz CT molecular complexity index is 1120. The SMILES string of the molecule is CNC(=O)c1ccc(-c2ccc(SCCN)c(S(N)(=O)=O)c2-c2nn[nH]n2)cn1. The molecule has 0 fully saturated rings. The number of pyridine rings is 1. The smallest absolute Gasteiger partial charge is 0.269 e. The van der Waals surface area contributed by atoms with E-state index in [1.165, 1.54) is 31.1 Å². The summed E-state index contributed by atoms with van der Waals surface area (Å²) in [5.41, 5.74) is 7.00. The van der Waals surface area contributed by atoms with Crippen molar-refractivity contribution in [2.75, 3.05) is 19.3 Å². The van der Waals surface area contributed by atoms with Crippen molar-refractivity contribution in [3.63, 3.8) is 0 Å². The summed E-state index contributed by atoms with van der Waals surface area (Å²) in [6, 6.07) is 6.54. The van der Waals surface area contributed by atoms with Crippen LogP contribution in [0, 0.1) is 0 Å². The third-order valence-electron chi connectivity index (χ3n) is 3.88. The average Bonchev–Trinajstić information content (AvgIpc) is 3.25. The maximum Gasteiger partial charge on any atom is 0.269 e. The van der Waals surface area contributed by atoms with Crippen LogP contribution in [0.4, 0.5) is 0 Å². The van der Waals surface area contributed by atoms with Gasteiger partial charge in [0.05, 0.1) is 5.56 Å². The number of hydrogen-bond donors (Lipinski definition) is 4. The van der Waals surface area contributed by atoms with Crippen molar-refractivity contribution in [1.82, 2.24) is 30.9 Å². The molecule has 152 valence electrons. The van der Waals surface area contributed by atoms with Crippen molar-refractivity contribution < 1.29 is 13.2 Å². The van der Waals surface area contributed by atoms with Crippen LogP contribution in [0.15, 0.2) is 40.3 Å². The molecular formula is C16H18N8O3S2. The standard InChI is InChI=1S/C16H18N8O3S2/c1-19-16(25)11-4-2-9(8-20-11)10-3-5-12(28-7-6-17)14(29(18,26)27)13(10)15-21-23-24-22-15/h2-5,8H,6-7,17H2,1H3,(H,19,25)(H2,18,26,27)(H,21,22,23,24). The highest BCUT2D eigenvalue weighted by Gasteiger charge is 2.26. The molecule has 2 heterocycles. The molecule has 3 rings (SSSR count). The number of sulfonamides is 1. The summed E-state index contributed by atoms with van der Waals surface area (Å²) in [5, 5.41) is 21.8. The highest BCUT2D eigenvalue weighted by molar-refractivity contribution is 8.00. The number of benzene rings is 1. The van der Waals surface area contributed by atoms with Crippen LogP contribution >= 0.6 is 11.8 Å². The zero-order chi connectivity index (χ0) is 21.0. The lowest BCUT2D eigenvalue weighted by Gasteiger charge is -2.15. The van der Waals surface area contributed by atoms with Gasteiger partial charge < -0.3 is 11.1 Å². The Morgan fingerprint density at radius 1 is 1.28 bits per heavy atom. The van der Waals surface area contributed by atoms with Crippen LogP contribution in [0.1, 0.15) is 10.5 Å². The second kappa shape index (κ2) is 8.65. The molecule has 0 aliphatic heterocycles. The van der Waals surface area contributed by atoms with Crippen LogP contribution < -0.4 is 16.2 Å². The van der Waals surface area contributed by atoms with E-state index in [0.29, 0.717) is 28.3 Å². The van der Waals surface area contributed by atoms with Crippen LogP contribution in [0.5, 0.6) is 0 Å². The van der Waals surface area contributed by atoms with Gasteiger partial charge in [-0.3, -0.25) is 9.78 Å². The Labute approximate surface area is 170 Å². The number of amides is 1. The normalized spacial score (nSPS) is 11.4. The number of nitrogens with one attached hydrogen (secondary N) is 2. The molecule has 0 unspecified atom stereocenters. The number of aromatic amines is 1. The molecule has 29 heavy (non-hydrogen) atoms. The van der Waals surface area contributed by atoms with E-state index in [1.54, 1.807) is 18.2 Å². The van der Waals surface area contributed by atoms with E-state index in [-0.39, 0.29) is 27.9 Å². The molecule has 0 saturated carbocycles. The van der Waals surface area contributed by atoms with E-state index >= 15 is 0 Å². The van der Waals surface area contributed by atoms with Crippen molar-refractivity contribution in [2.24, 2.45) is 10.9 Å². The number of primary sulfonamides is 1. The fourth-order valence-electron chi connectivity index (χ4n) is 2.67. The molecule has 0 radical (unpaired) electrons. The number of thioether (sulfide) groups is 1. The van der Waals surface area contributed by atoms with Crippen LogP contribution in [0.25, 0.3) is 22.5 Å². The number of rotatable bonds is 7. The molecule has 11 nitrogen and oxygen atoms in total. The topological polar surface area (TPSA) is 183 Å². The van der Waals surface area contributed by atoms with E-state index in [4.69, 9.17) is 10.9 Å². The Hall–Kier alpha value is -2.87. The largest absolute Gasteiger partial charge is 0.354 e. The summed E-state index contributed by atoms with van der Waals surface area (Å²) in [7, 11) is -2.64. The highest BCUT2D eigenvalue weighted by Crippen LogP contribution is 2.40. The molecule has 0 aliphatic rings. The molecule has 6 N–H and O–H groups in total. The molecule has 3 aromatic rings. The zero-order valence-electron chi connectivity index (χ0n) is 15.3. The molecule has 0 saturated heterocycles. The lowest BCUT2D eigenvalue weighted by Crippen LogP contribution is -2.19. The van der Waals surface area contributed by atoms with Crippen molar-refractivity contribution in [3.8, 4) is 22.5 Å². The summed E-state index contributed by atoms with van der Waals surface area (Å²) in [6.07, 6.45) is 1.46. The molecule has 1 amide bonds. The summed E-state index contributed by atoms with van der Waals surface area (Å²) < 4.78 is 25.0. The molecular weight excluding hydrogens is 416 g/mol. The van der Waals surface area contributed by atoms with Crippen molar-refractivity contribution in [2.45, 2.75) is 9.79 Å². The predicted molar refractivity (Wildman–Crippen MR) is 107 cm³/mol. The highest BCUT2D eigenvalue weighted by atomic mass is 32.2. The van der Waals surface area contributed by atoms with Crippen LogP contribution in [-0.4, -0.2) is 59.3 Å². The Balaban J connectivity index is 2.26. The van der Waals surface area contributed by atoms with E-state index in [2.05, 4.69) is 30.9 Å². The number of tetrazole rings is 1. The van der Waals surface area contributed by atoms with Gasteiger partial charge in [0.15, 0.2) is 0 Å². The zero-order valence-corrected chi connectivity index (χ0v) is 16.9. The van der Waals surface area contributed by atoms with Gasteiger partial charge >= 0.3 is 0 Å². The van der Waals surface area contributed by atoms with Crippen molar-refractivity contribution in [1.29, 1.82) is 0 Å². The number of carbonyl (C=O) groups excluding carboxylic acids is 1. The number of aromatic nitrogens is 5. The fraction of sp³-hybridized carbons (Fsp3) is 0.188. The monoisotopic (exact) mass is 434 g/mol. The minimum absolute atomic E-state index is 0.0644. The summed E-state index contributed by atoms with van der Waals surface area (Å²) in [6.45, 7) is 0.360. The Morgan fingerprint density at radius 3 is 2.62 bits per heavy atom. The van der Waals surface area contributed by atoms with Gasteiger partial charge in [-0.1, -0.05) is 12.1 Å². The van der Waals surface area contributed by atoms with Gasteiger partial charge in [-0.2, -0.15) is 5.21 Å². The third kappa shape index (κ3) is 4.42. The molecule has 13 heteroatoms. The number of carbonyl (C=O) groups is 1. The molecule has 0 spiro atoms. The third-order valence-corrected chi connectivity index (χ3v) is 6.10. The van der Waals surface area contributed by atoms with Gasteiger partial charge in [-0.05, 0) is 22.9 Å². The van der Waals surface area contributed by atoms with E-state index in [9.17, 15) is 13.2 Å². The Morgan fingerprint density at radius 2 is 2.07 bits per heavy atom. The molecule has 0 atom stereocenters. The average molecular weight is 435 g/mol. The minimum atomic E-state index is -4.14. The van der Waals surface area contributed by atoms with Gasteiger partial charge in [-0.15, -0.1) is 22.0 Å². The van der Waals surface area contributed by atoms with E-state index in [1.807, 2.05) is 0 Å². The van der Waals surface area contributed by atoms with Gasteiger partial charge in [0.2, 0.25) is 15.8 Å². The summed E-state index contributed by atoms with van der Waals surface area (Å²) in [4.78, 5) is 16.2. The van der Waals surface area contributed by atoms with Crippen LogP contribution in [0.2, 0.25) is 0 Å². The van der Waals surface area contributed by atoms with Crippen molar-refractivity contribution in [3.05, 3.63) is 36.2 Å². The number of nitrogens with zero attached hydrogens (tertiary/aromatic N) is 4. The quantitative estimate of drug-likeness (QED) is 0.371. The van der Waals surface area contributed by atoms with E-state index in [0.717, 1.165) is 0 Å². The molecule has 0 aliphatic carbocycles. The molecule has 0 bridgehead atoms. The summed E-state index contributed by atoms with van der Waals surface area (Å²) >= 11 is 1.26. The number of hydrogen-bond acceptors (Lipinski definition) is 9. The van der Waals surface area contributed by atoms with Crippen LogP contribution in [-0.2, 0) is 10.0 Å². The van der Waals surface area contributed by atoms with Crippen LogP contribution in [0.3, 0.4) is 0 Å².